The van der Waals surface area contributed by atoms with E-state index in [0.717, 1.165) is 12.8 Å². The number of aromatic nitrogens is 2. The number of hydrogen-bond donors (Lipinski definition) is 1. The normalized spacial score (nSPS) is 16.8. The lowest BCUT2D eigenvalue weighted by atomic mass is 10.2. The van der Waals surface area contributed by atoms with Gasteiger partial charge in [-0.3, -0.25) is 0 Å². The quantitative estimate of drug-likeness (QED) is 0.946. The molecular formula is C12H11BrFN3O. The van der Waals surface area contributed by atoms with Crippen molar-refractivity contribution < 1.29 is 8.91 Å². The number of nitrogens with two attached hydrogens (primary N) is 1. The maximum Gasteiger partial charge on any atom is 0.259 e. The molecule has 1 aromatic carbocycles. The van der Waals surface area contributed by atoms with Crippen LogP contribution in [0.25, 0.3) is 11.5 Å². The van der Waals surface area contributed by atoms with Gasteiger partial charge in [0.2, 0.25) is 0 Å². The van der Waals surface area contributed by atoms with E-state index in [1.54, 1.807) is 12.1 Å². The minimum atomic E-state index is -0.362. The Morgan fingerprint density at radius 3 is 2.94 bits per heavy atom. The Morgan fingerprint density at radius 2 is 2.22 bits per heavy atom. The Morgan fingerprint density at radius 1 is 1.44 bits per heavy atom. The Labute approximate surface area is 112 Å². The second kappa shape index (κ2) is 4.44. The average Bonchev–Trinajstić information content (AvgIpc) is 3.10. The van der Waals surface area contributed by atoms with Crippen molar-refractivity contribution >= 4 is 15.9 Å². The van der Waals surface area contributed by atoms with E-state index in [1.165, 1.54) is 6.07 Å². The number of rotatable bonds is 3. The van der Waals surface area contributed by atoms with Crippen molar-refractivity contribution in [3.8, 4) is 11.5 Å². The molecule has 0 bridgehead atoms. The van der Waals surface area contributed by atoms with Gasteiger partial charge in [-0.2, -0.15) is 4.98 Å². The highest BCUT2D eigenvalue weighted by molar-refractivity contribution is 9.10. The highest BCUT2D eigenvalue weighted by atomic mass is 79.9. The molecule has 2 aromatic rings. The summed E-state index contributed by atoms with van der Waals surface area (Å²) < 4.78 is 18.9. The fourth-order valence-corrected chi connectivity index (χ4v) is 2.25. The van der Waals surface area contributed by atoms with Crippen LogP contribution in [0, 0.1) is 11.7 Å². The summed E-state index contributed by atoms with van der Waals surface area (Å²) in [5.41, 5.74) is 6.53. The van der Waals surface area contributed by atoms with Gasteiger partial charge in [-0.25, -0.2) is 4.39 Å². The Hall–Kier alpha value is -1.27. The van der Waals surface area contributed by atoms with Crippen molar-refractivity contribution in [2.24, 2.45) is 11.7 Å². The summed E-state index contributed by atoms with van der Waals surface area (Å²) in [6, 6.07) is 4.49. The van der Waals surface area contributed by atoms with E-state index < -0.39 is 0 Å². The van der Waals surface area contributed by atoms with Crippen molar-refractivity contribution in [1.82, 2.24) is 10.1 Å². The minimum Gasteiger partial charge on any atom is -0.334 e. The first-order valence-electron chi connectivity index (χ1n) is 5.70. The highest BCUT2D eigenvalue weighted by Crippen LogP contribution is 2.39. The summed E-state index contributed by atoms with van der Waals surface area (Å²) in [5.74, 6) is 0.862. The van der Waals surface area contributed by atoms with Gasteiger partial charge in [0.25, 0.3) is 5.89 Å². The summed E-state index contributed by atoms with van der Waals surface area (Å²) in [7, 11) is 0. The SMILES string of the molecule is NC(c1noc(-c2cccc(F)c2Br)n1)C1CC1. The second-order valence-corrected chi connectivity index (χ2v) is 5.22. The predicted octanol–water partition coefficient (Wildman–Crippen LogP) is 3.05. The van der Waals surface area contributed by atoms with Crippen molar-refractivity contribution in [3.05, 3.63) is 34.3 Å². The third-order valence-electron chi connectivity index (χ3n) is 3.05. The molecule has 1 heterocycles. The van der Waals surface area contributed by atoms with Crippen LogP contribution in [0.2, 0.25) is 0 Å². The first-order valence-corrected chi connectivity index (χ1v) is 6.49. The standard InChI is InChI=1S/C12H11BrFN3O/c13-9-7(2-1-3-8(9)14)12-16-11(17-18-12)10(15)6-4-5-6/h1-3,6,10H,4-5,15H2. The summed E-state index contributed by atoms with van der Waals surface area (Å²) in [4.78, 5) is 4.24. The average molecular weight is 312 g/mol. The maximum absolute atomic E-state index is 13.4. The van der Waals surface area contributed by atoms with Gasteiger partial charge < -0.3 is 10.3 Å². The van der Waals surface area contributed by atoms with Crippen LogP contribution in [0.3, 0.4) is 0 Å². The first kappa shape index (κ1) is 11.8. The summed E-state index contributed by atoms with van der Waals surface area (Å²) in [6.45, 7) is 0. The molecule has 1 aliphatic rings. The van der Waals surface area contributed by atoms with Gasteiger partial charge in [0, 0.05) is 0 Å². The molecule has 1 aromatic heterocycles. The van der Waals surface area contributed by atoms with Gasteiger partial charge in [0.1, 0.15) is 5.82 Å². The van der Waals surface area contributed by atoms with Crippen molar-refractivity contribution in [2.45, 2.75) is 18.9 Å². The minimum absolute atomic E-state index is 0.185. The molecule has 1 atom stereocenters. The molecule has 6 heteroatoms. The molecule has 3 rings (SSSR count). The highest BCUT2D eigenvalue weighted by Gasteiger charge is 2.32. The topological polar surface area (TPSA) is 64.9 Å². The summed E-state index contributed by atoms with van der Waals surface area (Å²) in [5, 5.41) is 3.87. The van der Waals surface area contributed by atoms with E-state index in [1.807, 2.05) is 0 Å². The predicted molar refractivity (Wildman–Crippen MR) is 67.0 cm³/mol. The number of benzene rings is 1. The van der Waals surface area contributed by atoms with Gasteiger partial charge in [0.05, 0.1) is 16.1 Å². The molecule has 0 spiro atoms. The molecule has 0 radical (unpaired) electrons. The first-order chi connectivity index (χ1) is 8.66. The zero-order valence-corrected chi connectivity index (χ0v) is 11.0. The van der Waals surface area contributed by atoms with E-state index in [9.17, 15) is 4.39 Å². The van der Waals surface area contributed by atoms with Crippen LogP contribution in [0.4, 0.5) is 4.39 Å². The van der Waals surface area contributed by atoms with Gasteiger partial charge >= 0.3 is 0 Å². The largest absolute Gasteiger partial charge is 0.334 e. The molecule has 0 amide bonds. The lowest BCUT2D eigenvalue weighted by Crippen LogP contribution is -2.13. The number of halogens is 2. The van der Waals surface area contributed by atoms with Crippen LogP contribution in [0.15, 0.2) is 27.2 Å². The maximum atomic E-state index is 13.4. The van der Waals surface area contributed by atoms with Crippen LogP contribution < -0.4 is 5.73 Å². The third kappa shape index (κ3) is 2.06. The lowest BCUT2D eigenvalue weighted by Gasteiger charge is -2.02. The molecule has 0 saturated heterocycles. The Bertz CT molecular complexity index is 582. The van der Waals surface area contributed by atoms with E-state index in [0.29, 0.717) is 21.8 Å². The van der Waals surface area contributed by atoms with Crippen LogP contribution in [-0.4, -0.2) is 10.1 Å². The molecule has 0 aliphatic heterocycles. The van der Waals surface area contributed by atoms with E-state index >= 15 is 0 Å². The molecule has 1 unspecified atom stereocenters. The number of hydrogen-bond acceptors (Lipinski definition) is 4. The fourth-order valence-electron chi connectivity index (χ4n) is 1.81. The van der Waals surface area contributed by atoms with Crippen molar-refractivity contribution in [3.63, 3.8) is 0 Å². The van der Waals surface area contributed by atoms with E-state index in [4.69, 9.17) is 10.3 Å². The van der Waals surface area contributed by atoms with Crippen LogP contribution in [-0.2, 0) is 0 Å². The fraction of sp³-hybridized carbons (Fsp3) is 0.333. The van der Waals surface area contributed by atoms with Gasteiger partial charge in [-0.1, -0.05) is 11.2 Å². The molecular weight excluding hydrogens is 301 g/mol. The Kier molecular flexibility index (Phi) is 2.91. The van der Waals surface area contributed by atoms with E-state index in [-0.39, 0.29) is 17.7 Å². The molecule has 18 heavy (non-hydrogen) atoms. The Balaban J connectivity index is 1.94. The van der Waals surface area contributed by atoms with Crippen molar-refractivity contribution in [2.75, 3.05) is 0 Å². The van der Waals surface area contributed by atoms with Crippen LogP contribution in [0.1, 0.15) is 24.7 Å². The van der Waals surface area contributed by atoms with Gasteiger partial charge in [0.15, 0.2) is 5.82 Å². The van der Waals surface area contributed by atoms with Crippen LogP contribution in [0.5, 0.6) is 0 Å². The molecule has 94 valence electrons. The van der Waals surface area contributed by atoms with Gasteiger partial charge in [-0.15, -0.1) is 0 Å². The molecule has 4 nitrogen and oxygen atoms in total. The van der Waals surface area contributed by atoms with E-state index in [2.05, 4.69) is 26.1 Å². The third-order valence-corrected chi connectivity index (χ3v) is 3.86. The second-order valence-electron chi connectivity index (χ2n) is 4.42. The summed E-state index contributed by atoms with van der Waals surface area (Å²) in [6.07, 6.45) is 2.21. The molecule has 1 aliphatic carbocycles. The van der Waals surface area contributed by atoms with Crippen molar-refractivity contribution in [1.29, 1.82) is 0 Å². The van der Waals surface area contributed by atoms with Crippen LogP contribution >= 0.6 is 15.9 Å². The number of nitrogens with zero attached hydrogens (tertiary/aromatic N) is 2. The summed E-state index contributed by atoms with van der Waals surface area (Å²) >= 11 is 3.17. The lowest BCUT2D eigenvalue weighted by molar-refractivity contribution is 0.411. The van der Waals surface area contributed by atoms with Gasteiger partial charge in [-0.05, 0) is 46.8 Å². The zero-order valence-electron chi connectivity index (χ0n) is 9.44. The molecule has 1 saturated carbocycles. The molecule has 2 N–H and O–H groups in total. The monoisotopic (exact) mass is 311 g/mol. The smallest absolute Gasteiger partial charge is 0.259 e. The molecule has 1 fully saturated rings. The zero-order chi connectivity index (χ0) is 12.7.